The summed E-state index contributed by atoms with van der Waals surface area (Å²) >= 11 is 0. The molecule has 98 valence electrons. The number of pyridine rings is 1. The van der Waals surface area contributed by atoms with Gasteiger partial charge in [-0.1, -0.05) is 5.92 Å². The number of aromatic carboxylic acids is 1. The second kappa shape index (κ2) is 4.61. The summed E-state index contributed by atoms with van der Waals surface area (Å²) in [6.07, 6.45) is 6.65. The van der Waals surface area contributed by atoms with Gasteiger partial charge in [-0.25, -0.2) is 9.78 Å². The molecule has 6 nitrogen and oxygen atoms in total. The van der Waals surface area contributed by atoms with Crippen molar-refractivity contribution < 1.29 is 9.90 Å². The van der Waals surface area contributed by atoms with Gasteiger partial charge in [-0.15, -0.1) is 6.42 Å². The van der Waals surface area contributed by atoms with E-state index in [0.29, 0.717) is 22.4 Å². The van der Waals surface area contributed by atoms with E-state index in [9.17, 15) is 9.90 Å². The lowest BCUT2D eigenvalue weighted by Gasteiger charge is -2.13. The third kappa shape index (κ3) is 2.10. The zero-order chi connectivity index (χ0) is 14.2. The van der Waals surface area contributed by atoms with Gasteiger partial charge in [-0.05, 0) is 13.8 Å². The number of hydrogen-bond donors (Lipinski definition) is 2. The van der Waals surface area contributed by atoms with Gasteiger partial charge in [0.25, 0.3) is 0 Å². The number of carboxylic acid groups (broad SMARTS) is 1. The van der Waals surface area contributed by atoms with Gasteiger partial charge in [0.1, 0.15) is 5.56 Å². The van der Waals surface area contributed by atoms with Crippen molar-refractivity contribution in [2.75, 3.05) is 5.32 Å². The first kappa shape index (κ1) is 12.9. The van der Waals surface area contributed by atoms with E-state index in [-0.39, 0.29) is 11.6 Å². The van der Waals surface area contributed by atoms with Crippen molar-refractivity contribution in [1.82, 2.24) is 14.8 Å². The highest BCUT2D eigenvalue weighted by Crippen LogP contribution is 2.29. The van der Waals surface area contributed by atoms with Crippen LogP contribution in [0, 0.1) is 19.3 Å². The lowest BCUT2D eigenvalue weighted by Crippen LogP contribution is -2.16. The monoisotopic (exact) mass is 258 g/mol. The number of hydrogen-bond acceptors (Lipinski definition) is 4. The van der Waals surface area contributed by atoms with Crippen LogP contribution in [0.25, 0.3) is 11.0 Å². The summed E-state index contributed by atoms with van der Waals surface area (Å²) in [5, 5.41) is 17.2. The molecule has 0 spiro atoms. The Kier molecular flexibility index (Phi) is 3.13. The Hall–Kier alpha value is -2.55. The predicted octanol–water partition coefficient (Wildman–Crippen LogP) is 1.41. The lowest BCUT2D eigenvalue weighted by molar-refractivity contribution is 0.0697. The van der Waals surface area contributed by atoms with E-state index in [1.54, 1.807) is 25.6 Å². The van der Waals surface area contributed by atoms with Crippen LogP contribution in [0.1, 0.15) is 23.0 Å². The predicted molar refractivity (Wildman–Crippen MR) is 72.1 cm³/mol. The maximum absolute atomic E-state index is 11.3. The molecule has 0 aliphatic heterocycles. The number of carbonyl (C=O) groups is 1. The number of nitrogens with zero attached hydrogens (tertiary/aromatic N) is 3. The topological polar surface area (TPSA) is 80.0 Å². The number of anilines is 1. The summed E-state index contributed by atoms with van der Waals surface area (Å²) in [4.78, 5) is 15.4. The SMILES string of the molecule is C#CC(C)Nc1c(C(=O)O)cnc2c1c(C)nn2C. The van der Waals surface area contributed by atoms with Crippen molar-refractivity contribution in [2.45, 2.75) is 19.9 Å². The maximum atomic E-state index is 11.3. The summed E-state index contributed by atoms with van der Waals surface area (Å²) in [5.74, 6) is 1.47. The van der Waals surface area contributed by atoms with E-state index >= 15 is 0 Å². The Morgan fingerprint density at radius 3 is 2.89 bits per heavy atom. The quantitative estimate of drug-likeness (QED) is 0.814. The van der Waals surface area contributed by atoms with Crippen molar-refractivity contribution >= 4 is 22.7 Å². The molecule has 2 rings (SSSR count). The fourth-order valence-corrected chi connectivity index (χ4v) is 1.98. The van der Waals surface area contributed by atoms with Gasteiger partial charge in [-0.3, -0.25) is 4.68 Å². The molecule has 0 saturated heterocycles. The Morgan fingerprint density at radius 1 is 1.63 bits per heavy atom. The Morgan fingerprint density at radius 2 is 2.32 bits per heavy atom. The first-order chi connectivity index (χ1) is 8.95. The molecular formula is C13H14N4O2. The lowest BCUT2D eigenvalue weighted by atomic mass is 10.1. The van der Waals surface area contributed by atoms with Crippen LogP contribution in [0.15, 0.2) is 6.20 Å². The molecule has 1 unspecified atom stereocenters. The number of aromatic nitrogens is 3. The standard InChI is InChI=1S/C13H14N4O2/c1-5-7(2)15-11-9(13(18)19)6-14-12-10(11)8(3)16-17(12)4/h1,6-7H,2-4H3,(H,14,15)(H,18,19). The average molecular weight is 258 g/mol. The molecule has 2 heterocycles. The van der Waals surface area contributed by atoms with E-state index in [1.807, 2.05) is 0 Å². The van der Waals surface area contributed by atoms with Crippen LogP contribution >= 0.6 is 0 Å². The van der Waals surface area contributed by atoms with Gasteiger partial charge in [0, 0.05) is 13.2 Å². The van der Waals surface area contributed by atoms with Crippen LogP contribution in [0.5, 0.6) is 0 Å². The number of rotatable bonds is 3. The Balaban J connectivity index is 2.76. The largest absolute Gasteiger partial charge is 0.478 e. The molecule has 19 heavy (non-hydrogen) atoms. The second-order valence-corrected chi connectivity index (χ2v) is 4.29. The third-order valence-corrected chi connectivity index (χ3v) is 2.87. The summed E-state index contributed by atoms with van der Waals surface area (Å²) in [6, 6.07) is -0.289. The molecular weight excluding hydrogens is 244 g/mol. The Labute approximate surface area is 110 Å². The highest BCUT2D eigenvalue weighted by molar-refractivity contribution is 6.04. The molecule has 0 fully saturated rings. The molecule has 2 N–H and O–H groups in total. The highest BCUT2D eigenvalue weighted by Gasteiger charge is 2.19. The fraction of sp³-hybridized carbons (Fsp3) is 0.308. The first-order valence-electron chi connectivity index (χ1n) is 5.74. The van der Waals surface area contributed by atoms with Crippen molar-refractivity contribution in [3.05, 3.63) is 17.5 Å². The maximum Gasteiger partial charge on any atom is 0.339 e. The molecule has 0 aromatic carbocycles. The van der Waals surface area contributed by atoms with E-state index in [0.717, 1.165) is 0 Å². The molecule has 0 aliphatic rings. The van der Waals surface area contributed by atoms with Crippen molar-refractivity contribution in [3.8, 4) is 12.3 Å². The number of terminal acetylenes is 1. The minimum absolute atomic E-state index is 0.0886. The van der Waals surface area contributed by atoms with Crippen molar-refractivity contribution in [2.24, 2.45) is 7.05 Å². The Bertz CT molecular complexity index is 697. The molecule has 6 heteroatoms. The first-order valence-corrected chi connectivity index (χ1v) is 5.74. The average Bonchev–Trinajstić information content (AvgIpc) is 2.65. The van der Waals surface area contributed by atoms with Crippen LogP contribution in [0.2, 0.25) is 0 Å². The van der Waals surface area contributed by atoms with Crippen LogP contribution in [0.4, 0.5) is 5.69 Å². The molecule has 0 amide bonds. The highest BCUT2D eigenvalue weighted by atomic mass is 16.4. The number of nitrogens with one attached hydrogen (secondary N) is 1. The minimum Gasteiger partial charge on any atom is -0.478 e. The van der Waals surface area contributed by atoms with E-state index in [2.05, 4.69) is 21.3 Å². The molecule has 2 aromatic rings. The zero-order valence-electron chi connectivity index (χ0n) is 10.9. The normalized spacial score (nSPS) is 12.1. The van der Waals surface area contributed by atoms with E-state index in [4.69, 9.17) is 6.42 Å². The molecule has 0 aliphatic carbocycles. The van der Waals surface area contributed by atoms with Crippen molar-refractivity contribution in [3.63, 3.8) is 0 Å². The number of fused-ring (bicyclic) bond motifs is 1. The molecule has 0 bridgehead atoms. The second-order valence-electron chi connectivity index (χ2n) is 4.29. The van der Waals surface area contributed by atoms with Gasteiger partial charge >= 0.3 is 5.97 Å². The van der Waals surface area contributed by atoms with Gasteiger partial charge in [0.15, 0.2) is 5.65 Å². The van der Waals surface area contributed by atoms with Gasteiger partial charge < -0.3 is 10.4 Å². The fourth-order valence-electron chi connectivity index (χ4n) is 1.98. The van der Waals surface area contributed by atoms with Crippen molar-refractivity contribution in [1.29, 1.82) is 0 Å². The van der Waals surface area contributed by atoms with Crippen LogP contribution in [-0.4, -0.2) is 31.9 Å². The van der Waals surface area contributed by atoms with Gasteiger partial charge in [0.05, 0.1) is 22.8 Å². The summed E-state index contributed by atoms with van der Waals surface area (Å²) < 4.78 is 1.61. The van der Waals surface area contributed by atoms with E-state index < -0.39 is 5.97 Å². The number of aryl methyl sites for hydroxylation is 2. The van der Waals surface area contributed by atoms with Crippen LogP contribution in [-0.2, 0) is 7.05 Å². The number of carboxylic acids is 1. The molecule has 0 saturated carbocycles. The van der Waals surface area contributed by atoms with E-state index in [1.165, 1.54) is 6.20 Å². The van der Waals surface area contributed by atoms with Gasteiger partial charge in [-0.2, -0.15) is 5.10 Å². The molecule has 0 radical (unpaired) electrons. The van der Waals surface area contributed by atoms with Gasteiger partial charge in [0.2, 0.25) is 0 Å². The zero-order valence-corrected chi connectivity index (χ0v) is 10.9. The van der Waals surface area contributed by atoms with Crippen LogP contribution in [0.3, 0.4) is 0 Å². The summed E-state index contributed by atoms with van der Waals surface area (Å²) in [7, 11) is 1.76. The summed E-state index contributed by atoms with van der Waals surface area (Å²) in [6.45, 7) is 3.59. The molecule has 1 atom stereocenters. The van der Waals surface area contributed by atoms with Crippen LogP contribution < -0.4 is 5.32 Å². The smallest absolute Gasteiger partial charge is 0.339 e. The summed E-state index contributed by atoms with van der Waals surface area (Å²) in [5.41, 5.74) is 1.88. The molecule has 2 aromatic heterocycles. The third-order valence-electron chi connectivity index (χ3n) is 2.87. The minimum atomic E-state index is -1.05.